The summed E-state index contributed by atoms with van der Waals surface area (Å²) in [4.78, 5) is 17.9. The summed E-state index contributed by atoms with van der Waals surface area (Å²) in [6.45, 7) is 0. The van der Waals surface area contributed by atoms with E-state index in [9.17, 15) is 18.0 Å². The van der Waals surface area contributed by atoms with Crippen molar-refractivity contribution in [3.05, 3.63) is 63.4 Å². The minimum absolute atomic E-state index is 0.0745. The molecule has 5 rings (SSSR count). The molecule has 0 unspecified atom stereocenters. The molecule has 32 heavy (non-hydrogen) atoms. The van der Waals surface area contributed by atoms with E-state index in [1.54, 1.807) is 18.3 Å². The van der Waals surface area contributed by atoms with Crippen LogP contribution in [0.15, 0.2) is 36.5 Å². The molecule has 0 radical (unpaired) electrons. The van der Waals surface area contributed by atoms with Gasteiger partial charge in [-0.05, 0) is 42.2 Å². The fourth-order valence-corrected chi connectivity index (χ4v) is 4.60. The summed E-state index contributed by atoms with van der Waals surface area (Å²) in [5.74, 6) is -1.06. The van der Waals surface area contributed by atoms with Gasteiger partial charge in [0.05, 0.1) is 16.1 Å². The minimum atomic E-state index is -3.72. The number of halogens is 4. The van der Waals surface area contributed by atoms with E-state index in [0.717, 1.165) is 4.88 Å². The molecule has 1 aliphatic carbocycles. The number of nitrogens with two attached hydrogens (primary N) is 1. The molecule has 1 aliphatic heterocycles. The molecule has 0 spiro atoms. The summed E-state index contributed by atoms with van der Waals surface area (Å²) in [7, 11) is 0. The Morgan fingerprint density at radius 1 is 1.22 bits per heavy atom. The predicted octanol–water partition coefficient (Wildman–Crippen LogP) is 5.10. The van der Waals surface area contributed by atoms with Crippen molar-refractivity contribution in [1.82, 2.24) is 4.98 Å². The molecule has 2 aliphatic rings. The van der Waals surface area contributed by atoms with E-state index in [0.29, 0.717) is 29.1 Å². The zero-order chi connectivity index (χ0) is 22.7. The van der Waals surface area contributed by atoms with Gasteiger partial charge in [0.2, 0.25) is 5.91 Å². The molecule has 1 amide bonds. The standard InChI is InChI=1S/C21H15ClF3N3O3S/c22-13-3-1-10(16(23)17(13)26)7-12-9-27-19(32-12)28-18(29)20(5-6-20)11-2-4-14-15(8-11)31-21(24,25)30-14/h1-4,8-9H,5-7,26H2,(H,27,28,29). The van der Waals surface area contributed by atoms with E-state index in [4.69, 9.17) is 17.3 Å². The fraction of sp³-hybridized carbons (Fsp3) is 0.238. The summed E-state index contributed by atoms with van der Waals surface area (Å²) in [5.41, 5.74) is 5.60. The van der Waals surface area contributed by atoms with Crippen molar-refractivity contribution in [3.63, 3.8) is 0 Å². The number of alkyl halides is 2. The van der Waals surface area contributed by atoms with Gasteiger partial charge in [-0.2, -0.15) is 0 Å². The second-order valence-corrected chi connectivity index (χ2v) is 9.13. The maximum Gasteiger partial charge on any atom is 0.586 e. The number of hydrogen-bond acceptors (Lipinski definition) is 6. The van der Waals surface area contributed by atoms with Crippen LogP contribution in [0.25, 0.3) is 0 Å². The number of amides is 1. The van der Waals surface area contributed by atoms with Crippen LogP contribution < -0.4 is 20.5 Å². The summed E-state index contributed by atoms with van der Waals surface area (Å²) >= 11 is 7.03. The predicted molar refractivity (Wildman–Crippen MR) is 113 cm³/mol. The second-order valence-electron chi connectivity index (χ2n) is 7.61. The lowest BCUT2D eigenvalue weighted by Crippen LogP contribution is -2.27. The number of thiazole rings is 1. The first-order chi connectivity index (χ1) is 15.2. The van der Waals surface area contributed by atoms with Gasteiger partial charge >= 0.3 is 6.29 Å². The molecule has 6 nitrogen and oxygen atoms in total. The fourth-order valence-electron chi connectivity index (χ4n) is 3.62. The van der Waals surface area contributed by atoms with Crippen LogP contribution in [0.5, 0.6) is 11.5 Å². The highest BCUT2D eigenvalue weighted by atomic mass is 35.5. The molecule has 11 heteroatoms. The van der Waals surface area contributed by atoms with Crippen LogP contribution in [-0.4, -0.2) is 17.2 Å². The Balaban J connectivity index is 1.30. The van der Waals surface area contributed by atoms with Crippen LogP contribution in [-0.2, 0) is 16.6 Å². The average Bonchev–Trinajstić information content (AvgIpc) is 3.34. The van der Waals surface area contributed by atoms with Crippen molar-refractivity contribution in [2.75, 3.05) is 11.1 Å². The van der Waals surface area contributed by atoms with Crippen LogP contribution in [0, 0.1) is 5.82 Å². The molecule has 2 aromatic carbocycles. The van der Waals surface area contributed by atoms with Gasteiger partial charge in [-0.25, -0.2) is 9.37 Å². The van der Waals surface area contributed by atoms with Crippen LogP contribution in [0.4, 0.5) is 24.0 Å². The van der Waals surface area contributed by atoms with E-state index >= 15 is 0 Å². The lowest BCUT2D eigenvalue weighted by atomic mass is 9.94. The third-order valence-electron chi connectivity index (χ3n) is 5.48. The number of ether oxygens (including phenoxy) is 2. The molecule has 0 bridgehead atoms. The number of hydrogen-bond donors (Lipinski definition) is 2. The number of carbonyl (C=O) groups is 1. The van der Waals surface area contributed by atoms with Gasteiger partial charge in [0.1, 0.15) is 0 Å². The lowest BCUT2D eigenvalue weighted by molar-refractivity contribution is -0.286. The Bertz CT molecular complexity index is 1250. The lowest BCUT2D eigenvalue weighted by Gasteiger charge is -2.15. The Hall–Kier alpha value is -2.98. The van der Waals surface area contributed by atoms with E-state index in [1.165, 1.54) is 29.5 Å². The van der Waals surface area contributed by atoms with E-state index in [-0.39, 0.29) is 34.5 Å². The van der Waals surface area contributed by atoms with Crippen molar-refractivity contribution in [3.8, 4) is 11.5 Å². The molecule has 3 N–H and O–H groups in total. The molecule has 0 saturated heterocycles. The van der Waals surface area contributed by atoms with E-state index in [1.807, 2.05) is 0 Å². The zero-order valence-corrected chi connectivity index (χ0v) is 17.8. The Morgan fingerprint density at radius 3 is 2.72 bits per heavy atom. The highest BCUT2D eigenvalue weighted by Crippen LogP contribution is 2.52. The third kappa shape index (κ3) is 3.63. The first-order valence-electron chi connectivity index (χ1n) is 9.56. The van der Waals surface area contributed by atoms with Gasteiger partial charge in [-0.3, -0.25) is 4.79 Å². The van der Waals surface area contributed by atoms with Crippen LogP contribution >= 0.6 is 22.9 Å². The molecular weight excluding hydrogens is 467 g/mol. The number of nitrogens with zero attached hydrogens (tertiary/aromatic N) is 1. The highest BCUT2D eigenvalue weighted by Gasteiger charge is 2.53. The van der Waals surface area contributed by atoms with Crippen molar-refractivity contribution >= 4 is 39.7 Å². The Labute approximate surface area is 189 Å². The van der Waals surface area contributed by atoms with Gasteiger partial charge in [0, 0.05) is 17.5 Å². The maximum atomic E-state index is 14.3. The van der Waals surface area contributed by atoms with Crippen LogP contribution in [0.3, 0.4) is 0 Å². The van der Waals surface area contributed by atoms with Gasteiger partial charge in [0.25, 0.3) is 0 Å². The second kappa shape index (κ2) is 7.28. The number of aromatic nitrogens is 1. The minimum Gasteiger partial charge on any atom is -0.395 e. The maximum absolute atomic E-state index is 14.3. The van der Waals surface area contributed by atoms with Crippen molar-refractivity contribution < 1.29 is 27.4 Å². The molecule has 0 atom stereocenters. The highest BCUT2D eigenvalue weighted by molar-refractivity contribution is 7.15. The van der Waals surface area contributed by atoms with Crippen LogP contribution in [0.2, 0.25) is 5.02 Å². The molecular formula is C21H15ClF3N3O3S. The van der Waals surface area contributed by atoms with Crippen molar-refractivity contribution in [1.29, 1.82) is 0 Å². The monoisotopic (exact) mass is 481 g/mol. The number of nitrogen functional groups attached to an aromatic ring is 1. The summed E-state index contributed by atoms with van der Waals surface area (Å²) in [6.07, 6.45) is -0.814. The molecule has 2 heterocycles. The van der Waals surface area contributed by atoms with Crippen molar-refractivity contribution in [2.45, 2.75) is 31.0 Å². The number of carbonyl (C=O) groups excluding carboxylic acids is 1. The quantitative estimate of drug-likeness (QED) is 0.495. The molecule has 1 aromatic heterocycles. The van der Waals surface area contributed by atoms with E-state index in [2.05, 4.69) is 19.8 Å². The molecule has 1 fully saturated rings. The summed E-state index contributed by atoms with van der Waals surface area (Å²) < 4.78 is 49.8. The normalized spacial score (nSPS) is 17.2. The SMILES string of the molecule is Nc1c(Cl)ccc(Cc2cnc(NC(=O)C3(c4ccc5c(c4)OC(F)(F)O5)CC3)s2)c1F. The Kier molecular flexibility index (Phi) is 4.75. The number of rotatable bonds is 5. The molecule has 1 saturated carbocycles. The first kappa shape index (κ1) is 20.9. The van der Waals surface area contributed by atoms with Crippen molar-refractivity contribution in [2.24, 2.45) is 0 Å². The van der Waals surface area contributed by atoms with Gasteiger partial charge in [-0.1, -0.05) is 23.7 Å². The first-order valence-corrected chi connectivity index (χ1v) is 10.8. The summed E-state index contributed by atoms with van der Waals surface area (Å²) in [5, 5.41) is 3.27. The van der Waals surface area contributed by atoms with Gasteiger partial charge in [0.15, 0.2) is 22.4 Å². The zero-order valence-electron chi connectivity index (χ0n) is 16.3. The average molecular weight is 482 g/mol. The Morgan fingerprint density at radius 2 is 1.97 bits per heavy atom. The molecule has 166 valence electrons. The number of benzene rings is 2. The van der Waals surface area contributed by atoms with Gasteiger partial charge < -0.3 is 20.5 Å². The largest absolute Gasteiger partial charge is 0.586 e. The third-order valence-corrected chi connectivity index (χ3v) is 6.73. The van der Waals surface area contributed by atoms with Crippen LogP contribution in [0.1, 0.15) is 28.8 Å². The van der Waals surface area contributed by atoms with Gasteiger partial charge in [-0.15, -0.1) is 20.1 Å². The smallest absolute Gasteiger partial charge is 0.395 e. The number of nitrogens with one attached hydrogen (secondary N) is 1. The topological polar surface area (TPSA) is 86.5 Å². The molecule has 3 aromatic rings. The number of fused-ring (bicyclic) bond motifs is 1. The van der Waals surface area contributed by atoms with E-state index < -0.39 is 17.5 Å². The number of anilines is 2. The summed E-state index contributed by atoms with van der Waals surface area (Å²) in [6, 6.07) is 7.43.